The summed E-state index contributed by atoms with van der Waals surface area (Å²) in [4.78, 5) is 36.9. The fraction of sp³-hybridized carbons (Fsp3) is 0.250. The number of hydrogen-bond acceptors (Lipinski definition) is 4. The highest BCUT2D eigenvalue weighted by Crippen LogP contribution is 2.24. The van der Waals surface area contributed by atoms with Crippen molar-refractivity contribution in [2.75, 3.05) is 28.7 Å². The molecule has 0 bridgehead atoms. The smallest absolute Gasteiger partial charge is 0.244 e. The average Bonchev–Trinajstić information content (AvgIpc) is 2.62. The number of benzene rings is 2. The third kappa shape index (κ3) is 5.85. The first-order valence-electron chi connectivity index (χ1n) is 8.58. The van der Waals surface area contributed by atoms with E-state index in [1.807, 2.05) is 13.0 Å². The molecule has 2 aromatic carbocycles. The van der Waals surface area contributed by atoms with E-state index in [1.54, 1.807) is 42.5 Å². The molecule has 0 unspecified atom stereocenters. The van der Waals surface area contributed by atoms with Crippen LogP contribution in [0.3, 0.4) is 0 Å². The standard InChI is InChI=1S/C20H23N3O4/c1-4-27-19-8-6-5-7-18(19)22-20(26)13-23(15(3)25)17-11-9-16(10-12-17)21-14(2)24/h5-12H,4,13H2,1-3H3,(H,21,24)(H,22,26). The van der Waals surface area contributed by atoms with Crippen molar-refractivity contribution in [3.05, 3.63) is 48.5 Å². The summed E-state index contributed by atoms with van der Waals surface area (Å²) in [5.74, 6) is -0.222. The number of anilines is 3. The predicted octanol–water partition coefficient (Wildman–Crippen LogP) is 3.04. The first kappa shape index (κ1) is 20.0. The summed E-state index contributed by atoms with van der Waals surface area (Å²) in [7, 11) is 0. The Balaban J connectivity index is 2.11. The minimum absolute atomic E-state index is 0.144. The fourth-order valence-electron chi connectivity index (χ4n) is 2.50. The van der Waals surface area contributed by atoms with Gasteiger partial charge >= 0.3 is 0 Å². The zero-order chi connectivity index (χ0) is 19.8. The van der Waals surface area contributed by atoms with E-state index >= 15 is 0 Å². The summed E-state index contributed by atoms with van der Waals surface area (Å²) in [6.45, 7) is 5.01. The maximum Gasteiger partial charge on any atom is 0.244 e. The Kier molecular flexibility index (Phi) is 6.93. The Labute approximate surface area is 158 Å². The molecule has 0 aromatic heterocycles. The second kappa shape index (κ2) is 9.38. The highest BCUT2D eigenvalue weighted by Gasteiger charge is 2.17. The lowest BCUT2D eigenvalue weighted by Gasteiger charge is -2.21. The first-order chi connectivity index (χ1) is 12.9. The van der Waals surface area contributed by atoms with Gasteiger partial charge in [0, 0.05) is 25.2 Å². The van der Waals surface area contributed by atoms with Crippen LogP contribution < -0.4 is 20.3 Å². The van der Waals surface area contributed by atoms with Crippen molar-refractivity contribution >= 4 is 34.8 Å². The summed E-state index contributed by atoms with van der Waals surface area (Å²) < 4.78 is 5.49. The van der Waals surface area contributed by atoms with Crippen LogP contribution in [0.1, 0.15) is 20.8 Å². The van der Waals surface area contributed by atoms with E-state index in [0.717, 1.165) is 0 Å². The second-order valence-corrected chi connectivity index (χ2v) is 5.81. The molecule has 2 aromatic rings. The molecule has 0 spiro atoms. The van der Waals surface area contributed by atoms with Crippen LogP contribution in [0.2, 0.25) is 0 Å². The molecule has 0 aliphatic carbocycles. The molecular formula is C20H23N3O4. The van der Waals surface area contributed by atoms with Crippen molar-refractivity contribution in [2.24, 2.45) is 0 Å². The molecule has 0 radical (unpaired) electrons. The first-order valence-corrected chi connectivity index (χ1v) is 8.58. The average molecular weight is 369 g/mol. The monoisotopic (exact) mass is 369 g/mol. The van der Waals surface area contributed by atoms with Crippen LogP contribution in [0.5, 0.6) is 5.75 Å². The predicted molar refractivity (Wildman–Crippen MR) is 105 cm³/mol. The van der Waals surface area contributed by atoms with Gasteiger partial charge in [-0.25, -0.2) is 0 Å². The Bertz CT molecular complexity index is 818. The fourth-order valence-corrected chi connectivity index (χ4v) is 2.50. The lowest BCUT2D eigenvalue weighted by Crippen LogP contribution is -2.36. The molecule has 27 heavy (non-hydrogen) atoms. The number of ether oxygens (including phenoxy) is 1. The summed E-state index contributed by atoms with van der Waals surface area (Å²) >= 11 is 0. The number of hydrogen-bond donors (Lipinski definition) is 2. The molecule has 0 saturated heterocycles. The Morgan fingerprint density at radius 2 is 1.63 bits per heavy atom. The van der Waals surface area contributed by atoms with E-state index in [1.165, 1.54) is 18.7 Å². The number of carbonyl (C=O) groups excluding carboxylic acids is 3. The minimum Gasteiger partial charge on any atom is -0.492 e. The zero-order valence-electron chi connectivity index (χ0n) is 15.6. The minimum atomic E-state index is -0.344. The van der Waals surface area contributed by atoms with E-state index in [2.05, 4.69) is 10.6 Å². The quantitative estimate of drug-likeness (QED) is 0.785. The molecular weight excluding hydrogens is 346 g/mol. The third-order valence-electron chi connectivity index (χ3n) is 3.64. The van der Waals surface area contributed by atoms with Crippen LogP contribution in [0, 0.1) is 0 Å². The lowest BCUT2D eigenvalue weighted by molar-refractivity contribution is -0.120. The van der Waals surface area contributed by atoms with Gasteiger partial charge in [0.05, 0.1) is 12.3 Å². The molecule has 7 heteroatoms. The molecule has 142 valence electrons. The van der Waals surface area contributed by atoms with E-state index in [-0.39, 0.29) is 24.3 Å². The maximum absolute atomic E-state index is 12.5. The number of rotatable bonds is 7. The number of nitrogens with zero attached hydrogens (tertiary/aromatic N) is 1. The van der Waals surface area contributed by atoms with E-state index < -0.39 is 0 Å². The number of carbonyl (C=O) groups is 3. The highest BCUT2D eigenvalue weighted by molar-refractivity contribution is 6.02. The van der Waals surface area contributed by atoms with E-state index in [4.69, 9.17) is 4.74 Å². The van der Waals surface area contributed by atoms with Crippen LogP contribution >= 0.6 is 0 Å². The van der Waals surface area contributed by atoms with Crippen LogP contribution in [0.15, 0.2) is 48.5 Å². The van der Waals surface area contributed by atoms with Crippen molar-refractivity contribution in [1.29, 1.82) is 0 Å². The van der Waals surface area contributed by atoms with Crippen molar-refractivity contribution in [2.45, 2.75) is 20.8 Å². The molecule has 2 rings (SSSR count). The zero-order valence-corrected chi connectivity index (χ0v) is 15.6. The molecule has 3 amide bonds. The van der Waals surface area contributed by atoms with Crippen molar-refractivity contribution < 1.29 is 19.1 Å². The Hall–Kier alpha value is -3.35. The van der Waals surface area contributed by atoms with E-state index in [9.17, 15) is 14.4 Å². The molecule has 7 nitrogen and oxygen atoms in total. The highest BCUT2D eigenvalue weighted by atomic mass is 16.5. The normalized spacial score (nSPS) is 10.0. The van der Waals surface area contributed by atoms with Crippen molar-refractivity contribution in [1.82, 2.24) is 0 Å². The summed E-state index contributed by atoms with van der Waals surface area (Å²) in [6.07, 6.45) is 0. The molecule has 0 fully saturated rings. The molecule has 0 saturated carbocycles. The molecule has 0 heterocycles. The summed E-state index contributed by atoms with van der Waals surface area (Å²) in [5.41, 5.74) is 1.73. The van der Waals surface area contributed by atoms with Crippen LogP contribution in [-0.2, 0) is 14.4 Å². The van der Waals surface area contributed by atoms with Gasteiger partial charge < -0.3 is 20.3 Å². The van der Waals surface area contributed by atoms with Gasteiger partial charge in [0.15, 0.2) is 0 Å². The topological polar surface area (TPSA) is 87.7 Å². The van der Waals surface area contributed by atoms with Crippen LogP contribution in [0.25, 0.3) is 0 Å². The van der Waals surface area contributed by atoms with Gasteiger partial charge in [-0.2, -0.15) is 0 Å². The van der Waals surface area contributed by atoms with Gasteiger partial charge in [-0.3, -0.25) is 14.4 Å². The molecule has 0 aliphatic heterocycles. The third-order valence-corrected chi connectivity index (χ3v) is 3.64. The van der Waals surface area contributed by atoms with Crippen molar-refractivity contribution in [3.8, 4) is 5.75 Å². The number of amides is 3. The van der Waals surface area contributed by atoms with Gasteiger partial charge in [0.2, 0.25) is 17.7 Å². The molecule has 2 N–H and O–H groups in total. The maximum atomic E-state index is 12.5. The Morgan fingerprint density at radius 1 is 0.963 bits per heavy atom. The van der Waals surface area contributed by atoms with Crippen molar-refractivity contribution in [3.63, 3.8) is 0 Å². The van der Waals surface area contributed by atoms with Gasteiger partial charge in [-0.05, 0) is 43.3 Å². The Morgan fingerprint density at radius 3 is 2.22 bits per heavy atom. The number of para-hydroxylation sites is 2. The lowest BCUT2D eigenvalue weighted by atomic mass is 10.2. The summed E-state index contributed by atoms with van der Waals surface area (Å²) in [5, 5.41) is 5.43. The largest absolute Gasteiger partial charge is 0.492 e. The number of nitrogens with one attached hydrogen (secondary N) is 2. The molecule has 0 atom stereocenters. The van der Waals surface area contributed by atoms with Gasteiger partial charge in [0.25, 0.3) is 0 Å². The second-order valence-electron chi connectivity index (χ2n) is 5.81. The summed E-state index contributed by atoms with van der Waals surface area (Å²) in [6, 6.07) is 13.8. The van der Waals surface area contributed by atoms with Crippen LogP contribution in [-0.4, -0.2) is 30.9 Å². The SMILES string of the molecule is CCOc1ccccc1NC(=O)CN(C(C)=O)c1ccc(NC(C)=O)cc1. The van der Waals surface area contributed by atoms with Crippen LogP contribution in [0.4, 0.5) is 17.1 Å². The molecule has 0 aliphatic rings. The van der Waals surface area contributed by atoms with E-state index in [0.29, 0.717) is 29.4 Å². The van der Waals surface area contributed by atoms with Gasteiger partial charge in [0.1, 0.15) is 12.3 Å². The van der Waals surface area contributed by atoms with Gasteiger partial charge in [-0.15, -0.1) is 0 Å². The van der Waals surface area contributed by atoms with Gasteiger partial charge in [-0.1, -0.05) is 12.1 Å².